The smallest absolute Gasteiger partial charge is 0.274 e. The number of hydrogen-bond donors (Lipinski definition) is 4. The minimum atomic E-state index is -0.366. The predicted octanol–water partition coefficient (Wildman–Crippen LogP) is 3.44. The quantitative estimate of drug-likeness (QED) is 0.412. The summed E-state index contributed by atoms with van der Waals surface area (Å²) in [6.45, 7) is 1.92. The molecular weight excluding hydrogens is 475 g/mol. The predicted molar refractivity (Wildman–Crippen MR) is 133 cm³/mol. The molecule has 8 nitrogen and oxygen atoms in total. The topological polar surface area (TPSA) is 122 Å². The van der Waals surface area contributed by atoms with Crippen molar-refractivity contribution in [3.8, 4) is 11.3 Å². The Bertz CT molecular complexity index is 1190. The molecule has 4 rings (SSSR count). The van der Waals surface area contributed by atoms with E-state index >= 15 is 0 Å². The number of benzene rings is 2. The number of carbonyl (C=O) groups is 2. The second-order valence-corrected chi connectivity index (χ2v) is 8.92. The molecule has 3 aromatic rings. The van der Waals surface area contributed by atoms with E-state index in [0.29, 0.717) is 33.4 Å². The molecule has 1 aliphatic rings. The van der Waals surface area contributed by atoms with E-state index in [4.69, 9.17) is 28.9 Å². The van der Waals surface area contributed by atoms with Crippen molar-refractivity contribution in [1.29, 1.82) is 0 Å². The fourth-order valence-electron chi connectivity index (χ4n) is 3.75. The van der Waals surface area contributed by atoms with Crippen LogP contribution in [0.15, 0.2) is 48.7 Å². The average Bonchev–Trinajstić information content (AvgIpc) is 2.83. The van der Waals surface area contributed by atoms with E-state index in [1.165, 1.54) is 6.20 Å². The summed E-state index contributed by atoms with van der Waals surface area (Å²) in [6, 6.07) is 12.0. The lowest BCUT2D eigenvalue weighted by atomic mass is 10.1. The maximum atomic E-state index is 12.8. The van der Waals surface area contributed by atoms with Crippen LogP contribution in [0.4, 0.5) is 5.82 Å². The zero-order valence-corrected chi connectivity index (χ0v) is 19.8. The Balaban J connectivity index is 1.48. The van der Waals surface area contributed by atoms with Gasteiger partial charge in [0.05, 0.1) is 11.9 Å². The first-order chi connectivity index (χ1) is 16.4. The van der Waals surface area contributed by atoms with Gasteiger partial charge in [-0.05, 0) is 55.3 Å². The second-order valence-electron chi connectivity index (χ2n) is 8.05. The molecule has 0 bridgehead atoms. The number of anilines is 1. The Morgan fingerprint density at radius 2 is 1.91 bits per heavy atom. The zero-order chi connectivity index (χ0) is 24.1. The van der Waals surface area contributed by atoms with E-state index in [0.717, 1.165) is 24.9 Å². The number of nitrogens with two attached hydrogens (primary N) is 1. The number of nitrogens with zero attached hydrogens (tertiary/aromatic N) is 2. The molecule has 0 spiro atoms. The fraction of sp³-hybridized carbons (Fsp3) is 0.250. The van der Waals surface area contributed by atoms with Crippen molar-refractivity contribution in [3.63, 3.8) is 0 Å². The number of aromatic nitrogens is 2. The molecule has 0 aliphatic carbocycles. The molecule has 34 heavy (non-hydrogen) atoms. The van der Waals surface area contributed by atoms with Crippen molar-refractivity contribution in [2.45, 2.75) is 25.4 Å². The molecule has 1 fully saturated rings. The van der Waals surface area contributed by atoms with E-state index < -0.39 is 0 Å². The van der Waals surface area contributed by atoms with E-state index in [1.54, 1.807) is 42.5 Å². The number of rotatable bonds is 6. The molecule has 2 aromatic carbocycles. The SMILES string of the molecule is Nc1ncc(-c2cccc(C(=O)NCc3cc(Cl)cc(Cl)c3)c2)nc1C(=O)N[C@H]1CCCNC1. The molecule has 0 radical (unpaired) electrons. The lowest BCUT2D eigenvalue weighted by molar-refractivity contribution is 0.0923. The minimum absolute atomic E-state index is 0.0208. The third kappa shape index (κ3) is 6.02. The largest absolute Gasteiger partial charge is 0.382 e. The summed E-state index contributed by atoms with van der Waals surface area (Å²) in [5.41, 5.74) is 8.30. The summed E-state index contributed by atoms with van der Waals surface area (Å²) in [6.07, 6.45) is 3.37. The molecular formula is C24H24Cl2N6O2. The summed E-state index contributed by atoms with van der Waals surface area (Å²) in [7, 11) is 0. The van der Waals surface area contributed by atoms with Gasteiger partial charge < -0.3 is 21.7 Å². The standard InChI is InChI=1S/C24H24Cl2N6O2/c25-17-7-14(8-18(26)10-17)11-30-23(33)16-4-1-3-15(9-16)20-13-29-22(27)21(32-20)24(34)31-19-5-2-6-28-12-19/h1,3-4,7-10,13,19,28H,2,5-6,11-12H2,(H2,27,29)(H,30,33)(H,31,34)/t19-/m0/s1. The number of nitrogens with one attached hydrogen (secondary N) is 3. The van der Waals surface area contributed by atoms with Crippen LogP contribution >= 0.6 is 23.2 Å². The van der Waals surface area contributed by atoms with Gasteiger partial charge in [0.1, 0.15) is 0 Å². The monoisotopic (exact) mass is 498 g/mol. The minimum Gasteiger partial charge on any atom is -0.382 e. The second kappa shape index (κ2) is 10.8. The summed E-state index contributed by atoms with van der Waals surface area (Å²) < 4.78 is 0. The van der Waals surface area contributed by atoms with Crippen LogP contribution in [0.25, 0.3) is 11.3 Å². The maximum Gasteiger partial charge on any atom is 0.274 e. The normalized spacial score (nSPS) is 15.5. The molecule has 1 saturated heterocycles. The van der Waals surface area contributed by atoms with Gasteiger partial charge in [0.2, 0.25) is 0 Å². The Morgan fingerprint density at radius 3 is 2.65 bits per heavy atom. The van der Waals surface area contributed by atoms with E-state index in [1.807, 2.05) is 0 Å². The van der Waals surface area contributed by atoms with Crippen molar-refractivity contribution < 1.29 is 9.59 Å². The molecule has 1 aromatic heterocycles. The molecule has 1 aliphatic heterocycles. The van der Waals surface area contributed by atoms with Gasteiger partial charge in [-0.25, -0.2) is 9.97 Å². The van der Waals surface area contributed by atoms with Crippen molar-refractivity contribution in [2.75, 3.05) is 18.8 Å². The van der Waals surface area contributed by atoms with Gasteiger partial charge in [-0.15, -0.1) is 0 Å². The van der Waals surface area contributed by atoms with Gasteiger partial charge in [0.25, 0.3) is 11.8 Å². The molecule has 5 N–H and O–H groups in total. The van der Waals surface area contributed by atoms with Gasteiger partial charge in [-0.2, -0.15) is 0 Å². The lowest BCUT2D eigenvalue weighted by Gasteiger charge is -2.23. The highest BCUT2D eigenvalue weighted by Gasteiger charge is 2.20. The third-order valence-electron chi connectivity index (χ3n) is 5.44. The van der Waals surface area contributed by atoms with Crippen LogP contribution in [0.1, 0.15) is 39.3 Å². The van der Waals surface area contributed by atoms with Crippen LogP contribution in [-0.2, 0) is 6.54 Å². The first-order valence-electron chi connectivity index (χ1n) is 10.9. The van der Waals surface area contributed by atoms with E-state index in [-0.39, 0.29) is 35.9 Å². The number of nitrogen functional groups attached to an aromatic ring is 1. The van der Waals surface area contributed by atoms with Crippen molar-refractivity contribution in [1.82, 2.24) is 25.9 Å². The Morgan fingerprint density at radius 1 is 1.12 bits per heavy atom. The summed E-state index contributed by atoms with van der Waals surface area (Å²) in [5, 5.41) is 10.1. The van der Waals surface area contributed by atoms with E-state index in [2.05, 4.69) is 25.9 Å². The summed E-state index contributed by atoms with van der Waals surface area (Å²) in [5.74, 6) is -0.585. The van der Waals surface area contributed by atoms with Gasteiger partial charge in [-0.3, -0.25) is 9.59 Å². The lowest BCUT2D eigenvalue weighted by Crippen LogP contribution is -2.46. The number of carbonyl (C=O) groups excluding carboxylic acids is 2. The van der Waals surface area contributed by atoms with Crippen molar-refractivity contribution >= 4 is 40.8 Å². The Hall–Kier alpha value is -3.20. The fourth-order valence-corrected chi connectivity index (χ4v) is 4.32. The molecule has 1 atom stereocenters. The van der Waals surface area contributed by atoms with Gasteiger partial charge in [0, 0.05) is 40.3 Å². The van der Waals surface area contributed by atoms with Crippen molar-refractivity contribution in [3.05, 3.63) is 75.5 Å². The summed E-state index contributed by atoms with van der Waals surface area (Å²) >= 11 is 12.0. The van der Waals surface area contributed by atoms with Crippen LogP contribution in [0.5, 0.6) is 0 Å². The third-order valence-corrected chi connectivity index (χ3v) is 5.88. The Labute approximate surface area is 207 Å². The van der Waals surface area contributed by atoms with Crippen LogP contribution in [-0.4, -0.2) is 40.9 Å². The first kappa shape index (κ1) is 23.9. The average molecular weight is 499 g/mol. The van der Waals surface area contributed by atoms with Gasteiger partial charge in [0.15, 0.2) is 11.5 Å². The molecule has 10 heteroatoms. The van der Waals surface area contributed by atoms with Gasteiger partial charge >= 0.3 is 0 Å². The van der Waals surface area contributed by atoms with Crippen LogP contribution in [0, 0.1) is 0 Å². The zero-order valence-electron chi connectivity index (χ0n) is 18.3. The number of halogens is 2. The van der Waals surface area contributed by atoms with Crippen LogP contribution in [0.3, 0.4) is 0 Å². The number of amides is 2. The van der Waals surface area contributed by atoms with Crippen molar-refractivity contribution in [2.24, 2.45) is 0 Å². The summed E-state index contributed by atoms with van der Waals surface area (Å²) in [4.78, 5) is 34.1. The highest BCUT2D eigenvalue weighted by atomic mass is 35.5. The first-order valence-corrected chi connectivity index (χ1v) is 11.6. The Kier molecular flexibility index (Phi) is 7.62. The maximum absolute atomic E-state index is 12.8. The highest BCUT2D eigenvalue weighted by Crippen LogP contribution is 2.21. The molecule has 2 amide bonds. The highest BCUT2D eigenvalue weighted by molar-refractivity contribution is 6.34. The molecule has 0 saturated carbocycles. The molecule has 2 heterocycles. The van der Waals surface area contributed by atoms with Crippen LogP contribution < -0.4 is 21.7 Å². The van der Waals surface area contributed by atoms with Crippen LogP contribution in [0.2, 0.25) is 10.0 Å². The molecule has 0 unspecified atom stereocenters. The van der Waals surface area contributed by atoms with Gasteiger partial charge in [-0.1, -0.05) is 35.3 Å². The molecule has 176 valence electrons. The van der Waals surface area contributed by atoms with E-state index in [9.17, 15) is 9.59 Å². The number of piperidine rings is 1. The number of hydrogen-bond acceptors (Lipinski definition) is 6.